The lowest BCUT2D eigenvalue weighted by Crippen LogP contribution is -2.15. The minimum atomic E-state index is -3.83. The first-order chi connectivity index (χ1) is 10.2. The van der Waals surface area contributed by atoms with E-state index in [0.717, 1.165) is 0 Å². The summed E-state index contributed by atoms with van der Waals surface area (Å²) >= 11 is 0. The highest BCUT2D eigenvalue weighted by Crippen LogP contribution is 2.22. The monoisotopic (exact) mass is 326 g/mol. The molecule has 8 nitrogen and oxygen atoms in total. The third-order valence-corrected chi connectivity index (χ3v) is 3.92. The molecule has 2 aromatic rings. The molecule has 22 heavy (non-hydrogen) atoms. The summed E-state index contributed by atoms with van der Waals surface area (Å²) in [5.74, 6) is 0.588. The molecule has 0 aliphatic carbocycles. The molecule has 2 heterocycles. The van der Waals surface area contributed by atoms with Gasteiger partial charge in [-0.05, 0) is 18.1 Å². The third-order valence-electron chi connectivity index (χ3n) is 2.61. The molecular formula is C13H18N4O4S. The van der Waals surface area contributed by atoms with Gasteiger partial charge in [0.05, 0.1) is 12.8 Å². The van der Waals surface area contributed by atoms with E-state index >= 15 is 0 Å². The predicted molar refractivity (Wildman–Crippen MR) is 79.2 cm³/mol. The number of anilines is 1. The molecule has 120 valence electrons. The van der Waals surface area contributed by atoms with E-state index in [1.807, 2.05) is 27.7 Å². The van der Waals surface area contributed by atoms with Gasteiger partial charge >= 0.3 is 0 Å². The van der Waals surface area contributed by atoms with Crippen molar-refractivity contribution in [2.45, 2.75) is 38.0 Å². The molecule has 0 atom stereocenters. The Bertz CT molecular complexity index is 732. The van der Waals surface area contributed by atoms with Gasteiger partial charge in [-0.1, -0.05) is 20.8 Å². The fourth-order valence-corrected chi connectivity index (χ4v) is 2.39. The standard InChI is InChI=1S/C13H18N4O4S/c1-5-20-10-7-6-9(8-14-10)22(18,19)17-12-15-11(21-16-12)13(2,3)4/h6-8H,5H2,1-4H3,(H,16,17). The molecule has 0 amide bonds. The molecule has 0 spiro atoms. The molecule has 0 fully saturated rings. The quantitative estimate of drug-likeness (QED) is 0.894. The Morgan fingerprint density at radius 2 is 2.05 bits per heavy atom. The van der Waals surface area contributed by atoms with Crippen LogP contribution >= 0.6 is 0 Å². The number of pyridine rings is 1. The zero-order valence-corrected chi connectivity index (χ0v) is 13.6. The Hall–Kier alpha value is -2.16. The van der Waals surface area contributed by atoms with Crippen LogP contribution in [0.5, 0.6) is 5.88 Å². The summed E-state index contributed by atoms with van der Waals surface area (Å²) in [4.78, 5) is 7.93. The summed E-state index contributed by atoms with van der Waals surface area (Å²) in [6, 6.07) is 2.87. The summed E-state index contributed by atoms with van der Waals surface area (Å²) in [5.41, 5.74) is -0.364. The average molecular weight is 326 g/mol. The second-order valence-corrected chi connectivity index (χ2v) is 7.23. The molecule has 0 radical (unpaired) electrons. The van der Waals surface area contributed by atoms with Gasteiger partial charge in [0.25, 0.3) is 16.0 Å². The Labute approximate surface area is 129 Å². The molecular weight excluding hydrogens is 308 g/mol. The molecule has 0 saturated heterocycles. The van der Waals surface area contributed by atoms with Gasteiger partial charge in [-0.2, -0.15) is 4.98 Å². The first-order valence-electron chi connectivity index (χ1n) is 6.68. The van der Waals surface area contributed by atoms with Crippen molar-refractivity contribution < 1.29 is 17.7 Å². The van der Waals surface area contributed by atoms with Crippen molar-refractivity contribution in [3.63, 3.8) is 0 Å². The lowest BCUT2D eigenvalue weighted by Gasteiger charge is -2.10. The van der Waals surface area contributed by atoms with Crippen LogP contribution in [0.15, 0.2) is 27.7 Å². The van der Waals surface area contributed by atoms with Crippen LogP contribution in [-0.2, 0) is 15.4 Å². The van der Waals surface area contributed by atoms with Crippen LogP contribution in [0.4, 0.5) is 5.95 Å². The SMILES string of the molecule is CCOc1ccc(S(=O)(=O)Nc2noc(C(C)(C)C)n2)cn1. The topological polar surface area (TPSA) is 107 Å². The number of hydrogen-bond acceptors (Lipinski definition) is 7. The number of hydrogen-bond donors (Lipinski definition) is 1. The van der Waals surface area contributed by atoms with E-state index in [2.05, 4.69) is 19.8 Å². The van der Waals surface area contributed by atoms with Gasteiger partial charge in [-0.25, -0.2) is 18.1 Å². The Kier molecular flexibility index (Phi) is 4.36. The van der Waals surface area contributed by atoms with Gasteiger partial charge in [0.1, 0.15) is 4.90 Å². The Morgan fingerprint density at radius 3 is 2.55 bits per heavy atom. The number of nitrogens with one attached hydrogen (secondary N) is 1. The smallest absolute Gasteiger partial charge is 0.277 e. The lowest BCUT2D eigenvalue weighted by molar-refractivity contribution is 0.321. The van der Waals surface area contributed by atoms with Crippen molar-refractivity contribution in [2.75, 3.05) is 11.3 Å². The molecule has 0 aliphatic rings. The van der Waals surface area contributed by atoms with E-state index in [-0.39, 0.29) is 16.3 Å². The molecule has 0 unspecified atom stereocenters. The maximum Gasteiger partial charge on any atom is 0.277 e. The van der Waals surface area contributed by atoms with E-state index in [0.29, 0.717) is 18.4 Å². The zero-order valence-electron chi connectivity index (χ0n) is 12.8. The van der Waals surface area contributed by atoms with Crippen LogP contribution in [-0.4, -0.2) is 30.1 Å². The van der Waals surface area contributed by atoms with Gasteiger partial charge in [0, 0.05) is 11.5 Å². The average Bonchev–Trinajstić information content (AvgIpc) is 2.87. The summed E-state index contributed by atoms with van der Waals surface area (Å²) in [7, 11) is -3.83. The van der Waals surface area contributed by atoms with Crippen LogP contribution in [0.2, 0.25) is 0 Å². The van der Waals surface area contributed by atoms with E-state index < -0.39 is 10.0 Å². The Morgan fingerprint density at radius 1 is 1.32 bits per heavy atom. The summed E-state index contributed by atoms with van der Waals surface area (Å²) in [5, 5.41) is 3.62. The number of ether oxygens (including phenoxy) is 1. The molecule has 9 heteroatoms. The molecule has 0 aliphatic heterocycles. The third kappa shape index (κ3) is 3.73. The van der Waals surface area contributed by atoms with Crippen LogP contribution in [0.1, 0.15) is 33.6 Å². The first-order valence-corrected chi connectivity index (χ1v) is 8.16. The Balaban J connectivity index is 2.18. The second kappa shape index (κ2) is 5.91. The second-order valence-electron chi connectivity index (χ2n) is 5.54. The van der Waals surface area contributed by atoms with Crippen LogP contribution < -0.4 is 9.46 Å². The fraction of sp³-hybridized carbons (Fsp3) is 0.462. The molecule has 0 aromatic carbocycles. The highest BCUT2D eigenvalue weighted by Gasteiger charge is 2.24. The van der Waals surface area contributed by atoms with Crippen molar-refractivity contribution in [3.8, 4) is 5.88 Å². The number of nitrogens with zero attached hydrogens (tertiary/aromatic N) is 3. The summed E-state index contributed by atoms with van der Waals surface area (Å²) in [6.07, 6.45) is 1.21. The minimum absolute atomic E-state index is 0.0157. The normalized spacial score (nSPS) is 12.2. The zero-order chi connectivity index (χ0) is 16.4. The van der Waals surface area contributed by atoms with Crippen LogP contribution in [0.3, 0.4) is 0 Å². The number of rotatable bonds is 5. The van der Waals surface area contributed by atoms with Crippen molar-refractivity contribution in [2.24, 2.45) is 0 Å². The largest absolute Gasteiger partial charge is 0.478 e. The van der Waals surface area contributed by atoms with Crippen molar-refractivity contribution >= 4 is 16.0 Å². The van der Waals surface area contributed by atoms with Gasteiger partial charge in [-0.15, -0.1) is 0 Å². The van der Waals surface area contributed by atoms with Gasteiger partial charge in [-0.3, -0.25) is 0 Å². The van der Waals surface area contributed by atoms with E-state index in [9.17, 15) is 8.42 Å². The van der Waals surface area contributed by atoms with Crippen LogP contribution in [0.25, 0.3) is 0 Å². The van der Waals surface area contributed by atoms with Crippen molar-refractivity contribution in [1.29, 1.82) is 0 Å². The van der Waals surface area contributed by atoms with Crippen molar-refractivity contribution in [1.82, 2.24) is 15.1 Å². The maximum atomic E-state index is 12.2. The predicted octanol–water partition coefficient (Wildman–Crippen LogP) is 1.96. The molecule has 1 N–H and O–H groups in total. The van der Waals surface area contributed by atoms with Gasteiger partial charge < -0.3 is 9.26 Å². The van der Waals surface area contributed by atoms with Crippen LogP contribution in [0, 0.1) is 0 Å². The molecule has 2 rings (SSSR count). The lowest BCUT2D eigenvalue weighted by atomic mass is 9.97. The molecule has 0 saturated carbocycles. The summed E-state index contributed by atoms with van der Waals surface area (Å²) in [6.45, 7) is 7.92. The van der Waals surface area contributed by atoms with Gasteiger partial charge in [0.15, 0.2) is 0 Å². The highest BCUT2D eigenvalue weighted by molar-refractivity contribution is 7.92. The highest BCUT2D eigenvalue weighted by atomic mass is 32.2. The minimum Gasteiger partial charge on any atom is -0.478 e. The van der Waals surface area contributed by atoms with Crippen molar-refractivity contribution in [3.05, 3.63) is 24.2 Å². The van der Waals surface area contributed by atoms with Gasteiger partial charge in [0.2, 0.25) is 11.8 Å². The maximum absolute atomic E-state index is 12.2. The van der Waals surface area contributed by atoms with E-state index in [4.69, 9.17) is 9.26 Å². The van der Waals surface area contributed by atoms with E-state index in [1.54, 1.807) is 0 Å². The number of aromatic nitrogens is 3. The first kappa shape index (κ1) is 16.2. The molecule has 2 aromatic heterocycles. The molecule has 0 bridgehead atoms. The number of sulfonamides is 1. The fourth-order valence-electron chi connectivity index (χ4n) is 1.51. The summed E-state index contributed by atoms with van der Waals surface area (Å²) < 4.78 is 36.9. The van der Waals surface area contributed by atoms with E-state index in [1.165, 1.54) is 18.3 Å².